The predicted octanol–water partition coefficient (Wildman–Crippen LogP) is 5.58. The minimum absolute atomic E-state index is 0.146. The molecule has 0 saturated heterocycles. The van der Waals surface area contributed by atoms with Gasteiger partial charge in [-0.15, -0.1) is 0 Å². The molecule has 0 aliphatic rings. The molecule has 22 heavy (non-hydrogen) atoms. The second-order valence-electron chi connectivity index (χ2n) is 4.82. The van der Waals surface area contributed by atoms with Crippen molar-refractivity contribution in [1.82, 2.24) is 0 Å². The molecule has 0 N–H and O–H groups in total. The third kappa shape index (κ3) is 2.72. The van der Waals surface area contributed by atoms with Gasteiger partial charge in [0, 0.05) is 11.6 Å². The van der Waals surface area contributed by atoms with Crippen LogP contribution in [0.5, 0.6) is 0 Å². The van der Waals surface area contributed by atoms with Crippen molar-refractivity contribution >= 4 is 0 Å². The molecule has 0 bridgehead atoms. The molecule has 4 heteroatoms. The lowest BCUT2D eigenvalue weighted by molar-refractivity contribution is 0.586. The summed E-state index contributed by atoms with van der Waals surface area (Å²) < 4.78 is 53.9. The van der Waals surface area contributed by atoms with Crippen molar-refractivity contribution in [1.29, 1.82) is 0 Å². The highest BCUT2D eigenvalue weighted by Gasteiger charge is 2.15. The van der Waals surface area contributed by atoms with Crippen LogP contribution in [-0.4, -0.2) is 0 Å². The summed E-state index contributed by atoms with van der Waals surface area (Å²) in [6.07, 6.45) is 0. The van der Waals surface area contributed by atoms with Crippen LogP contribution in [0.25, 0.3) is 22.3 Å². The van der Waals surface area contributed by atoms with Gasteiger partial charge < -0.3 is 0 Å². The number of halogens is 4. The molecule has 3 rings (SSSR count). The monoisotopic (exact) mass is 302 g/mol. The van der Waals surface area contributed by atoms with Crippen LogP contribution in [0.3, 0.4) is 0 Å². The van der Waals surface area contributed by atoms with Crippen molar-refractivity contribution in [2.24, 2.45) is 0 Å². The Morgan fingerprint density at radius 3 is 1.55 bits per heavy atom. The minimum Gasteiger partial charge on any atom is -0.207 e. The van der Waals surface area contributed by atoms with Crippen molar-refractivity contribution in [2.75, 3.05) is 0 Å². The molecule has 0 unspecified atom stereocenters. The van der Waals surface area contributed by atoms with Crippen molar-refractivity contribution in [2.45, 2.75) is 0 Å². The van der Waals surface area contributed by atoms with E-state index in [0.717, 1.165) is 6.07 Å². The Bertz CT molecular complexity index is 806. The van der Waals surface area contributed by atoms with E-state index in [2.05, 4.69) is 0 Å². The van der Waals surface area contributed by atoms with Gasteiger partial charge in [0.1, 0.15) is 23.3 Å². The maximum absolute atomic E-state index is 14.3. The molecule has 0 atom stereocenters. The van der Waals surface area contributed by atoms with Gasteiger partial charge in [-0.25, -0.2) is 17.6 Å². The molecular formula is C18H10F4. The Morgan fingerprint density at radius 2 is 1.00 bits per heavy atom. The smallest absolute Gasteiger partial charge is 0.134 e. The normalized spacial score (nSPS) is 10.7. The molecule has 110 valence electrons. The second kappa shape index (κ2) is 5.64. The molecule has 3 aromatic rings. The van der Waals surface area contributed by atoms with Crippen LogP contribution in [0.4, 0.5) is 17.6 Å². The fourth-order valence-electron chi connectivity index (χ4n) is 2.34. The SMILES string of the molecule is Fc1ccc(-c2cc(F)cc(F)c2-c2ccc(F)cc2)cc1. The van der Waals surface area contributed by atoms with Gasteiger partial charge in [0.2, 0.25) is 0 Å². The van der Waals surface area contributed by atoms with Gasteiger partial charge in [0.05, 0.1) is 0 Å². The molecular weight excluding hydrogens is 292 g/mol. The molecule has 0 aliphatic heterocycles. The standard InChI is InChI=1S/C18H10F4/c19-13-5-1-11(2-6-13)16-9-15(21)10-17(22)18(16)12-3-7-14(20)8-4-12/h1-10H. The molecule has 0 fully saturated rings. The lowest BCUT2D eigenvalue weighted by Gasteiger charge is -2.12. The second-order valence-corrected chi connectivity index (χ2v) is 4.82. The van der Waals surface area contributed by atoms with Crippen LogP contribution in [0.15, 0.2) is 60.7 Å². The van der Waals surface area contributed by atoms with E-state index in [4.69, 9.17) is 0 Å². The average molecular weight is 302 g/mol. The van der Waals surface area contributed by atoms with Gasteiger partial charge in [-0.1, -0.05) is 24.3 Å². The summed E-state index contributed by atoms with van der Waals surface area (Å²) in [6, 6.07) is 12.5. The quantitative estimate of drug-likeness (QED) is 0.542. The number of hydrogen-bond donors (Lipinski definition) is 0. The van der Waals surface area contributed by atoms with Crippen LogP contribution in [0.1, 0.15) is 0 Å². The molecule has 0 nitrogen and oxygen atoms in total. The van der Waals surface area contributed by atoms with Crippen LogP contribution >= 0.6 is 0 Å². The zero-order valence-electron chi connectivity index (χ0n) is 11.3. The average Bonchev–Trinajstić information content (AvgIpc) is 2.49. The van der Waals surface area contributed by atoms with Gasteiger partial charge >= 0.3 is 0 Å². The van der Waals surface area contributed by atoms with Gasteiger partial charge in [-0.05, 0) is 47.0 Å². The van der Waals surface area contributed by atoms with Crippen LogP contribution in [-0.2, 0) is 0 Å². The molecule has 0 heterocycles. The number of benzene rings is 3. The zero-order valence-corrected chi connectivity index (χ0v) is 11.3. The van der Waals surface area contributed by atoms with Gasteiger partial charge in [-0.2, -0.15) is 0 Å². The van der Waals surface area contributed by atoms with E-state index < -0.39 is 23.3 Å². The lowest BCUT2D eigenvalue weighted by atomic mass is 9.94. The topological polar surface area (TPSA) is 0 Å². The predicted molar refractivity (Wildman–Crippen MR) is 77.1 cm³/mol. The molecule has 0 amide bonds. The maximum atomic E-state index is 14.3. The summed E-state index contributed by atoms with van der Waals surface area (Å²) >= 11 is 0. The van der Waals surface area contributed by atoms with E-state index in [0.29, 0.717) is 11.1 Å². The molecule has 0 radical (unpaired) electrons. The van der Waals surface area contributed by atoms with Gasteiger partial charge in [-0.3, -0.25) is 0 Å². The van der Waals surface area contributed by atoms with Crippen LogP contribution in [0, 0.1) is 23.3 Å². The van der Waals surface area contributed by atoms with Crippen molar-refractivity contribution in [3.05, 3.63) is 83.9 Å². The fourth-order valence-corrected chi connectivity index (χ4v) is 2.34. The number of rotatable bonds is 2. The first-order valence-corrected chi connectivity index (χ1v) is 6.55. The van der Waals surface area contributed by atoms with Crippen molar-refractivity contribution < 1.29 is 17.6 Å². The highest BCUT2D eigenvalue weighted by Crippen LogP contribution is 2.35. The first kappa shape index (κ1) is 14.3. The van der Waals surface area contributed by atoms with Crippen LogP contribution in [0.2, 0.25) is 0 Å². The highest BCUT2D eigenvalue weighted by atomic mass is 19.1. The van der Waals surface area contributed by atoms with E-state index >= 15 is 0 Å². The van der Waals surface area contributed by atoms with E-state index in [1.165, 1.54) is 54.6 Å². The first-order valence-electron chi connectivity index (χ1n) is 6.55. The first-order chi connectivity index (χ1) is 10.5. The maximum Gasteiger partial charge on any atom is 0.134 e. The van der Waals surface area contributed by atoms with E-state index in [1.807, 2.05) is 0 Å². The van der Waals surface area contributed by atoms with Gasteiger partial charge in [0.25, 0.3) is 0 Å². The van der Waals surface area contributed by atoms with Crippen molar-refractivity contribution in [3.63, 3.8) is 0 Å². The largest absolute Gasteiger partial charge is 0.207 e. The highest BCUT2D eigenvalue weighted by molar-refractivity contribution is 5.83. The minimum atomic E-state index is -0.758. The Labute approximate surface area is 124 Å². The summed E-state index contributed by atoms with van der Waals surface area (Å²) in [7, 11) is 0. The van der Waals surface area contributed by atoms with E-state index in [1.54, 1.807) is 0 Å². The Hall–Kier alpha value is -2.62. The zero-order chi connectivity index (χ0) is 15.7. The molecule has 0 aromatic heterocycles. The lowest BCUT2D eigenvalue weighted by Crippen LogP contribution is -1.93. The number of hydrogen-bond acceptors (Lipinski definition) is 0. The molecule has 0 spiro atoms. The Morgan fingerprint density at radius 1 is 0.500 bits per heavy atom. The van der Waals surface area contributed by atoms with E-state index in [9.17, 15) is 17.6 Å². The van der Waals surface area contributed by atoms with Gasteiger partial charge in [0.15, 0.2) is 0 Å². The summed E-state index contributed by atoms with van der Waals surface area (Å²) in [5, 5.41) is 0. The Balaban J connectivity index is 2.24. The third-order valence-electron chi connectivity index (χ3n) is 3.34. The summed E-state index contributed by atoms with van der Waals surface area (Å²) in [5.74, 6) is -2.38. The summed E-state index contributed by atoms with van der Waals surface area (Å²) in [4.78, 5) is 0. The summed E-state index contributed by atoms with van der Waals surface area (Å²) in [6.45, 7) is 0. The molecule has 3 aromatic carbocycles. The summed E-state index contributed by atoms with van der Waals surface area (Å²) in [5.41, 5.74) is 1.31. The van der Waals surface area contributed by atoms with Crippen molar-refractivity contribution in [3.8, 4) is 22.3 Å². The fraction of sp³-hybridized carbons (Fsp3) is 0. The molecule has 0 saturated carbocycles. The third-order valence-corrected chi connectivity index (χ3v) is 3.34. The molecule has 0 aliphatic carbocycles. The van der Waals surface area contributed by atoms with E-state index in [-0.39, 0.29) is 11.1 Å². The van der Waals surface area contributed by atoms with Crippen LogP contribution < -0.4 is 0 Å². The Kier molecular flexibility index (Phi) is 3.67.